The van der Waals surface area contributed by atoms with Gasteiger partial charge in [0, 0.05) is 5.88 Å². The Bertz CT molecular complexity index is 201. The summed E-state index contributed by atoms with van der Waals surface area (Å²) in [6, 6.07) is 0. The number of hydrogen-bond donors (Lipinski definition) is 2. The van der Waals surface area contributed by atoms with Gasteiger partial charge in [0.2, 0.25) is 0 Å². The first-order valence-electron chi connectivity index (χ1n) is 3.09. The molecule has 0 aromatic carbocycles. The minimum Gasteiger partial charge on any atom is -0.395 e. The van der Waals surface area contributed by atoms with Gasteiger partial charge in [0.25, 0.3) is 5.24 Å². The van der Waals surface area contributed by atoms with Gasteiger partial charge in [-0.15, -0.1) is 11.6 Å². The number of alkyl halides is 1. The molecule has 6 heteroatoms. The van der Waals surface area contributed by atoms with E-state index in [2.05, 4.69) is 5.32 Å². The number of thioether (sulfide) groups is 1. The second kappa shape index (κ2) is 7.18. The highest BCUT2D eigenvalue weighted by molar-refractivity contribution is 8.14. The van der Waals surface area contributed by atoms with Crippen molar-refractivity contribution in [3.8, 4) is 0 Å². The van der Waals surface area contributed by atoms with Crippen LogP contribution in [0.25, 0.3) is 0 Å². The molecule has 2 N–H and O–H groups in total. The first-order valence-corrected chi connectivity index (χ1v) is 4.61. The molecule has 0 spiro atoms. The molecule has 1 aliphatic heterocycles. The number of nitrogens with one attached hydrogen (secondary N) is 1. The predicted molar refractivity (Wildman–Crippen MR) is 48.0 cm³/mol. The quantitative estimate of drug-likeness (QED) is 0.484. The number of rotatable bonds is 1. The number of amides is 1. The number of carbonyl (C=O) groups is 1. The lowest BCUT2D eigenvalue weighted by molar-refractivity contribution is 0.263. The van der Waals surface area contributed by atoms with Crippen molar-refractivity contribution in [2.24, 2.45) is 0 Å². The molecule has 68 valence electrons. The Morgan fingerprint density at radius 1 is 1.75 bits per heavy atom. The first-order chi connectivity index (χ1) is 5.74. The van der Waals surface area contributed by atoms with Crippen LogP contribution in [0.5, 0.6) is 0 Å². The van der Waals surface area contributed by atoms with Crippen molar-refractivity contribution < 1.29 is 14.7 Å². The first kappa shape index (κ1) is 11.5. The zero-order valence-electron chi connectivity index (χ0n) is 6.17. The number of aliphatic hydroxyl groups excluding tert-OH is 1. The summed E-state index contributed by atoms with van der Waals surface area (Å²) >= 11 is 6.02. The summed E-state index contributed by atoms with van der Waals surface area (Å²) in [5, 5.41) is 9.90. The summed E-state index contributed by atoms with van der Waals surface area (Å²) in [6.07, 6.45) is 0. The average Bonchev–Trinajstić information content (AvgIpc) is 2.52. The van der Waals surface area contributed by atoms with Crippen molar-refractivity contribution in [2.45, 2.75) is 0 Å². The molecule has 0 aromatic heterocycles. The molecule has 0 saturated carbocycles. The molecule has 0 atom stereocenters. The van der Waals surface area contributed by atoms with E-state index in [-0.39, 0.29) is 11.8 Å². The number of halogens is 1. The lowest BCUT2D eigenvalue weighted by Gasteiger charge is -1.81. The summed E-state index contributed by atoms with van der Waals surface area (Å²) in [4.78, 5) is 20.0. The highest BCUT2D eigenvalue weighted by Gasteiger charge is 2.14. The average molecular weight is 210 g/mol. The largest absolute Gasteiger partial charge is 0.395 e. The third-order valence-corrected chi connectivity index (χ3v) is 1.77. The molecule has 1 aliphatic rings. The Hall–Kier alpha value is -0.480. The third-order valence-electron chi connectivity index (χ3n) is 0.808. The summed E-state index contributed by atoms with van der Waals surface area (Å²) in [6.45, 7) is 0.0849. The summed E-state index contributed by atoms with van der Waals surface area (Å²) in [5.41, 5.74) is 0.347. The van der Waals surface area contributed by atoms with Crippen LogP contribution >= 0.6 is 23.4 Å². The summed E-state index contributed by atoms with van der Waals surface area (Å²) in [7, 11) is 0. The van der Waals surface area contributed by atoms with Crippen LogP contribution in [-0.4, -0.2) is 34.5 Å². The van der Waals surface area contributed by atoms with Gasteiger partial charge in [-0.3, -0.25) is 4.79 Å². The Labute approximate surface area is 79.0 Å². The highest BCUT2D eigenvalue weighted by atomic mass is 35.5. The molecule has 4 nitrogen and oxygen atoms in total. The molecular weight excluding hydrogens is 202 g/mol. The van der Waals surface area contributed by atoms with Crippen LogP contribution in [0.3, 0.4) is 0 Å². The minimum absolute atomic E-state index is 0.0849. The van der Waals surface area contributed by atoms with E-state index in [0.717, 1.165) is 11.8 Å². The van der Waals surface area contributed by atoms with E-state index in [1.54, 1.807) is 5.94 Å². The fourth-order valence-corrected chi connectivity index (χ4v) is 0.990. The second-order valence-electron chi connectivity index (χ2n) is 1.69. The van der Waals surface area contributed by atoms with Gasteiger partial charge in [-0.05, 0) is 0 Å². The lowest BCUT2D eigenvalue weighted by atomic mass is 10.6. The van der Waals surface area contributed by atoms with E-state index >= 15 is 0 Å². The van der Waals surface area contributed by atoms with Gasteiger partial charge >= 0.3 is 0 Å². The molecule has 1 saturated heterocycles. The molecule has 0 unspecified atom stereocenters. The number of hydrogen-bond acceptors (Lipinski definition) is 4. The van der Waals surface area contributed by atoms with Crippen LogP contribution in [0.2, 0.25) is 0 Å². The molecule has 1 amide bonds. The maximum Gasteiger partial charge on any atom is 0.284 e. The van der Waals surface area contributed by atoms with Gasteiger partial charge in [0.05, 0.1) is 12.4 Å². The van der Waals surface area contributed by atoms with Gasteiger partial charge in [0.15, 0.2) is 0 Å². The van der Waals surface area contributed by atoms with Crippen LogP contribution in [-0.2, 0) is 4.79 Å². The summed E-state index contributed by atoms with van der Waals surface area (Å²) in [5.74, 6) is 2.40. The SMILES string of the molecule is O=C=C1CSC(=O)N1.OCCCl. The molecule has 0 aromatic rings. The molecule has 1 fully saturated rings. The molecular formula is C6H8ClNO3S. The van der Waals surface area contributed by atoms with Crippen LogP contribution in [0.15, 0.2) is 5.70 Å². The molecule has 1 heterocycles. The standard InChI is InChI=1S/C4H3NO2S.C2H5ClO/c6-1-3-2-8-4(7)5-3;3-1-2-4/h2H2,(H,5,7);4H,1-2H2. The van der Waals surface area contributed by atoms with Gasteiger partial charge in [0.1, 0.15) is 11.6 Å². The molecule has 0 radical (unpaired) electrons. The summed E-state index contributed by atoms with van der Waals surface area (Å²) < 4.78 is 0. The van der Waals surface area contributed by atoms with E-state index in [4.69, 9.17) is 16.7 Å². The van der Waals surface area contributed by atoms with Crippen LogP contribution in [0, 0.1) is 0 Å². The molecule has 0 aliphatic carbocycles. The Kier molecular flexibility index (Phi) is 6.90. The van der Waals surface area contributed by atoms with Gasteiger partial charge < -0.3 is 10.4 Å². The minimum atomic E-state index is -0.164. The topological polar surface area (TPSA) is 66.4 Å². The fourth-order valence-electron chi connectivity index (χ4n) is 0.388. The zero-order valence-corrected chi connectivity index (χ0v) is 7.74. The van der Waals surface area contributed by atoms with Crippen LogP contribution in [0.4, 0.5) is 4.79 Å². The van der Waals surface area contributed by atoms with E-state index < -0.39 is 0 Å². The van der Waals surface area contributed by atoms with Crippen molar-refractivity contribution in [2.75, 3.05) is 18.2 Å². The lowest BCUT2D eigenvalue weighted by Crippen LogP contribution is -2.09. The van der Waals surface area contributed by atoms with Gasteiger partial charge in [-0.1, -0.05) is 11.8 Å². The normalized spacial score (nSPS) is 14.5. The number of aliphatic hydroxyl groups is 1. The third kappa shape index (κ3) is 5.21. The smallest absolute Gasteiger partial charge is 0.284 e. The highest BCUT2D eigenvalue weighted by Crippen LogP contribution is 2.12. The van der Waals surface area contributed by atoms with Gasteiger partial charge in [-0.25, -0.2) is 4.79 Å². The van der Waals surface area contributed by atoms with Crippen LogP contribution < -0.4 is 5.32 Å². The Balaban J connectivity index is 0.000000261. The maximum absolute atomic E-state index is 10.3. The van der Waals surface area contributed by atoms with Crippen molar-refractivity contribution in [1.82, 2.24) is 5.32 Å². The van der Waals surface area contributed by atoms with E-state index in [1.165, 1.54) is 0 Å². The monoisotopic (exact) mass is 209 g/mol. The Morgan fingerprint density at radius 3 is 2.50 bits per heavy atom. The molecule has 12 heavy (non-hydrogen) atoms. The van der Waals surface area contributed by atoms with Crippen molar-refractivity contribution in [3.05, 3.63) is 5.70 Å². The predicted octanol–water partition coefficient (Wildman–Crippen LogP) is 0.376. The van der Waals surface area contributed by atoms with E-state index in [0.29, 0.717) is 17.3 Å². The number of carbonyl (C=O) groups excluding carboxylic acids is 2. The molecule has 1 rings (SSSR count). The molecule has 0 bridgehead atoms. The second-order valence-corrected chi connectivity index (χ2v) is 3.02. The Morgan fingerprint density at radius 2 is 2.33 bits per heavy atom. The van der Waals surface area contributed by atoms with Crippen molar-refractivity contribution in [1.29, 1.82) is 0 Å². The zero-order chi connectivity index (χ0) is 9.40. The van der Waals surface area contributed by atoms with Gasteiger partial charge in [-0.2, -0.15) is 0 Å². The van der Waals surface area contributed by atoms with Crippen LogP contribution in [0.1, 0.15) is 0 Å². The van der Waals surface area contributed by atoms with Crippen molar-refractivity contribution in [3.63, 3.8) is 0 Å². The van der Waals surface area contributed by atoms with E-state index in [9.17, 15) is 9.59 Å². The maximum atomic E-state index is 10.3. The van der Waals surface area contributed by atoms with E-state index in [1.807, 2.05) is 0 Å². The fraction of sp³-hybridized carbons (Fsp3) is 0.500. The van der Waals surface area contributed by atoms with Crippen molar-refractivity contribution >= 4 is 34.5 Å².